The van der Waals surface area contributed by atoms with E-state index in [4.69, 9.17) is 0 Å². The molecule has 3 nitrogen and oxygen atoms in total. The van der Waals surface area contributed by atoms with Gasteiger partial charge in [-0.1, -0.05) is 48.5 Å². The minimum absolute atomic E-state index is 0.0620. The standard InChI is InChI=1S/C20H22N2O/c1-16(11-12-17-7-3-2-4-8-17)21-20(23)15-22-14-13-18-9-5-6-10-19(18)22/h2-10,13-14,16H,11-12,15H2,1H3,(H,21,23)/t16-/m1/s1. The molecule has 0 spiro atoms. The molecule has 0 aliphatic carbocycles. The van der Waals surface area contributed by atoms with Crippen LogP contribution in [0.2, 0.25) is 0 Å². The molecule has 1 heterocycles. The highest BCUT2D eigenvalue weighted by atomic mass is 16.2. The molecule has 0 saturated carbocycles. The highest BCUT2D eigenvalue weighted by Gasteiger charge is 2.09. The van der Waals surface area contributed by atoms with Gasteiger partial charge in [0, 0.05) is 17.8 Å². The first-order valence-electron chi connectivity index (χ1n) is 8.09. The van der Waals surface area contributed by atoms with Gasteiger partial charge in [-0.25, -0.2) is 0 Å². The van der Waals surface area contributed by atoms with Crippen molar-refractivity contribution in [3.8, 4) is 0 Å². The Hall–Kier alpha value is -2.55. The van der Waals surface area contributed by atoms with Crippen LogP contribution >= 0.6 is 0 Å². The van der Waals surface area contributed by atoms with Crippen LogP contribution in [0.4, 0.5) is 0 Å². The first-order chi connectivity index (χ1) is 11.2. The molecular weight excluding hydrogens is 284 g/mol. The minimum atomic E-state index is 0.0620. The molecule has 3 heteroatoms. The van der Waals surface area contributed by atoms with Gasteiger partial charge in [0.15, 0.2) is 0 Å². The van der Waals surface area contributed by atoms with Gasteiger partial charge >= 0.3 is 0 Å². The topological polar surface area (TPSA) is 34.0 Å². The third kappa shape index (κ3) is 4.01. The second-order valence-corrected chi connectivity index (χ2v) is 6.00. The lowest BCUT2D eigenvalue weighted by Gasteiger charge is -2.14. The summed E-state index contributed by atoms with van der Waals surface area (Å²) in [5, 5.41) is 4.26. The van der Waals surface area contributed by atoms with Crippen LogP contribution in [0.15, 0.2) is 66.9 Å². The third-order valence-corrected chi connectivity index (χ3v) is 4.11. The van der Waals surface area contributed by atoms with Crippen molar-refractivity contribution >= 4 is 16.8 Å². The Morgan fingerprint density at radius 1 is 1.04 bits per heavy atom. The predicted molar refractivity (Wildman–Crippen MR) is 94.3 cm³/mol. The molecule has 1 atom stereocenters. The van der Waals surface area contributed by atoms with E-state index in [1.165, 1.54) is 5.56 Å². The molecule has 1 aromatic heterocycles. The maximum absolute atomic E-state index is 12.2. The highest BCUT2D eigenvalue weighted by Crippen LogP contribution is 2.14. The highest BCUT2D eigenvalue weighted by molar-refractivity contribution is 5.83. The lowest BCUT2D eigenvalue weighted by atomic mass is 10.1. The molecule has 0 aliphatic heterocycles. The van der Waals surface area contributed by atoms with E-state index < -0.39 is 0 Å². The van der Waals surface area contributed by atoms with Gasteiger partial charge in [0.1, 0.15) is 6.54 Å². The molecule has 0 aliphatic rings. The zero-order valence-electron chi connectivity index (χ0n) is 13.4. The molecule has 118 valence electrons. The van der Waals surface area contributed by atoms with E-state index in [9.17, 15) is 4.79 Å². The monoisotopic (exact) mass is 306 g/mol. The van der Waals surface area contributed by atoms with Gasteiger partial charge in [0.05, 0.1) is 0 Å². The molecular formula is C20H22N2O. The molecule has 0 fully saturated rings. The van der Waals surface area contributed by atoms with E-state index in [1.807, 2.05) is 41.1 Å². The second-order valence-electron chi connectivity index (χ2n) is 6.00. The van der Waals surface area contributed by atoms with E-state index in [0.717, 1.165) is 23.7 Å². The largest absolute Gasteiger partial charge is 0.352 e. The fraction of sp³-hybridized carbons (Fsp3) is 0.250. The SMILES string of the molecule is C[C@H](CCc1ccccc1)NC(=O)Cn1ccc2ccccc21. The van der Waals surface area contributed by atoms with Crippen LogP contribution in [-0.2, 0) is 17.8 Å². The number of carbonyl (C=O) groups excluding carboxylic acids is 1. The summed E-state index contributed by atoms with van der Waals surface area (Å²) >= 11 is 0. The van der Waals surface area contributed by atoms with E-state index in [1.54, 1.807) is 0 Å². The van der Waals surface area contributed by atoms with Gasteiger partial charge in [0.2, 0.25) is 5.91 Å². The Balaban J connectivity index is 1.52. The first kappa shape index (κ1) is 15.3. The van der Waals surface area contributed by atoms with Crippen LogP contribution in [0.1, 0.15) is 18.9 Å². The van der Waals surface area contributed by atoms with Crippen LogP contribution in [0.25, 0.3) is 10.9 Å². The molecule has 0 bridgehead atoms. The third-order valence-electron chi connectivity index (χ3n) is 4.11. The van der Waals surface area contributed by atoms with Crippen molar-refractivity contribution in [2.45, 2.75) is 32.4 Å². The lowest BCUT2D eigenvalue weighted by molar-refractivity contribution is -0.122. The van der Waals surface area contributed by atoms with Crippen LogP contribution in [-0.4, -0.2) is 16.5 Å². The zero-order valence-corrected chi connectivity index (χ0v) is 13.4. The number of carbonyl (C=O) groups is 1. The summed E-state index contributed by atoms with van der Waals surface area (Å²) in [5.74, 6) is 0.0620. The molecule has 1 amide bonds. The minimum Gasteiger partial charge on any atom is -0.352 e. The number of para-hydroxylation sites is 1. The van der Waals surface area contributed by atoms with Crippen molar-refractivity contribution in [3.05, 3.63) is 72.4 Å². The number of aryl methyl sites for hydroxylation is 1. The lowest BCUT2D eigenvalue weighted by Crippen LogP contribution is -2.35. The maximum atomic E-state index is 12.2. The Kier molecular flexibility index (Phi) is 4.77. The zero-order chi connectivity index (χ0) is 16.1. The van der Waals surface area contributed by atoms with E-state index in [-0.39, 0.29) is 11.9 Å². The molecule has 3 rings (SSSR count). The number of nitrogens with zero attached hydrogens (tertiary/aromatic N) is 1. The number of rotatable bonds is 6. The first-order valence-corrected chi connectivity index (χ1v) is 8.09. The van der Waals surface area contributed by atoms with Gasteiger partial charge < -0.3 is 9.88 Å². The van der Waals surface area contributed by atoms with E-state index in [0.29, 0.717) is 6.54 Å². The van der Waals surface area contributed by atoms with Crippen LogP contribution in [0.5, 0.6) is 0 Å². The number of aromatic nitrogens is 1. The summed E-state index contributed by atoms with van der Waals surface area (Å²) in [6, 6.07) is 20.7. The number of benzene rings is 2. The van der Waals surface area contributed by atoms with Crippen molar-refractivity contribution in [1.29, 1.82) is 0 Å². The summed E-state index contributed by atoms with van der Waals surface area (Å²) < 4.78 is 1.99. The van der Waals surface area contributed by atoms with Crippen molar-refractivity contribution in [1.82, 2.24) is 9.88 Å². The van der Waals surface area contributed by atoms with E-state index in [2.05, 4.69) is 42.6 Å². The Bertz CT molecular complexity index is 776. The fourth-order valence-electron chi connectivity index (χ4n) is 2.85. The van der Waals surface area contributed by atoms with Crippen molar-refractivity contribution in [2.75, 3.05) is 0 Å². The summed E-state index contributed by atoms with van der Waals surface area (Å²) in [4.78, 5) is 12.2. The Labute approximate surface area is 136 Å². The van der Waals surface area contributed by atoms with Crippen molar-refractivity contribution < 1.29 is 4.79 Å². The van der Waals surface area contributed by atoms with Crippen LogP contribution in [0, 0.1) is 0 Å². The second kappa shape index (κ2) is 7.14. The molecule has 1 N–H and O–H groups in total. The number of amides is 1. The summed E-state index contributed by atoms with van der Waals surface area (Å²) in [7, 11) is 0. The number of fused-ring (bicyclic) bond motifs is 1. The maximum Gasteiger partial charge on any atom is 0.240 e. The average molecular weight is 306 g/mol. The van der Waals surface area contributed by atoms with Gasteiger partial charge in [0.25, 0.3) is 0 Å². The Morgan fingerprint density at radius 3 is 2.61 bits per heavy atom. The van der Waals surface area contributed by atoms with Crippen molar-refractivity contribution in [3.63, 3.8) is 0 Å². The molecule has 2 aromatic carbocycles. The van der Waals surface area contributed by atoms with E-state index >= 15 is 0 Å². The summed E-state index contributed by atoms with van der Waals surface area (Å²) in [6.07, 6.45) is 3.90. The van der Waals surface area contributed by atoms with Crippen molar-refractivity contribution in [2.24, 2.45) is 0 Å². The number of hydrogen-bond donors (Lipinski definition) is 1. The summed E-state index contributed by atoms with van der Waals surface area (Å²) in [6.45, 7) is 2.43. The van der Waals surface area contributed by atoms with Gasteiger partial charge in [-0.15, -0.1) is 0 Å². The molecule has 0 saturated heterocycles. The van der Waals surface area contributed by atoms with Gasteiger partial charge in [-0.05, 0) is 42.8 Å². The average Bonchev–Trinajstić information content (AvgIpc) is 2.97. The normalized spacial score (nSPS) is 12.2. The quantitative estimate of drug-likeness (QED) is 0.739. The molecule has 3 aromatic rings. The summed E-state index contributed by atoms with van der Waals surface area (Å²) in [5.41, 5.74) is 2.41. The molecule has 0 unspecified atom stereocenters. The number of hydrogen-bond acceptors (Lipinski definition) is 1. The molecule has 0 radical (unpaired) electrons. The Morgan fingerprint density at radius 2 is 1.78 bits per heavy atom. The van der Waals surface area contributed by atoms with Gasteiger partial charge in [-0.2, -0.15) is 0 Å². The fourth-order valence-corrected chi connectivity index (χ4v) is 2.85. The number of nitrogens with one attached hydrogen (secondary N) is 1. The molecule has 23 heavy (non-hydrogen) atoms. The van der Waals surface area contributed by atoms with Crippen LogP contribution < -0.4 is 5.32 Å². The predicted octanol–water partition coefficient (Wildman–Crippen LogP) is 3.78. The van der Waals surface area contributed by atoms with Gasteiger partial charge in [-0.3, -0.25) is 4.79 Å². The van der Waals surface area contributed by atoms with Crippen LogP contribution in [0.3, 0.4) is 0 Å². The smallest absolute Gasteiger partial charge is 0.240 e.